The van der Waals surface area contributed by atoms with Gasteiger partial charge in [0.1, 0.15) is 18.7 Å². The van der Waals surface area contributed by atoms with E-state index in [-0.39, 0.29) is 119 Å². The third-order valence-electron chi connectivity index (χ3n) is 16.3. The van der Waals surface area contributed by atoms with Gasteiger partial charge < -0.3 is 77.4 Å². The molecule has 3 saturated heterocycles. The summed E-state index contributed by atoms with van der Waals surface area (Å²) in [6.45, 7) is 2.58. The minimum absolute atomic E-state index is 0.00255. The first kappa shape index (κ1) is 65.6. The van der Waals surface area contributed by atoms with Gasteiger partial charge in [-0.1, -0.05) is 21.6 Å². The molecule has 89 heavy (non-hydrogen) atoms. The van der Waals surface area contributed by atoms with Crippen LogP contribution < -0.4 is 48.9 Å². The third-order valence-corrected chi connectivity index (χ3v) is 20.0. The number of aromatic nitrogens is 4. The van der Waals surface area contributed by atoms with Crippen LogP contribution in [0, 0.1) is 11.8 Å². The number of rotatable bonds is 31. The molecule has 7 atom stereocenters. The van der Waals surface area contributed by atoms with Crippen LogP contribution in [0.5, 0.6) is 0 Å². The van der Waals surface area contributed by atoms with Crippen LogP contribution >= 0.6 is 33.3 Å². The lowest BCUT2D eigenvalue weighted by atomic mass is 9.82. The van der Waals surface area contributed by atoms with Gasteiger partial charge in [-0.2, -0.15) is 4.98 Å². The second-order valence-corrected chi connectivity index (χ2v) is 25.6. The number of likely N-dealkylation sites (tertiary alicyclic amines) is 1. The topological polar surface area (TPSA) is 460 Å². The van der Waals surface area contributed by atoms with Gasteiger partial charge in [-0.25, -0.2) is 24.4 Å². The summed E-state index contributed by atoms with van der Waals surface area (Å²) in [6.07, 6.45) is 0.948. The van der Waals surface area contributed by atoms with Crippen LogP contribution in [0.2, 0.25) is 0 Å². The number of nitrogens with one attached hydrogen (secondary N) is 7. The van der Waals surface area contributed by atoms with Gasteiger partial charge in [-0.3, -0.25) is 48.2 Å². The van der Waals surface area contributed by atoms with Crippen molar-refractivity contribution < 1.29 is 77.1 Å². The number of carbonyl (C=O) groups is 10. The summed E-state index contributed by atoms with van der Waals surface area (Å²) in [4.78, 5) is 159. The molecule has 1 saturated carbocycles. The number of carbonyl (C=O) groups excluding carboxylic acids is 8. The number of ether oxygens (including phenoxy) is 4. The number of piperazine rings is 1. The highest BCUT2D eigenvalue weighted by atomic mass is 33.1. The van der Waals surface area contributed by atoms with Gasteiger partial charge in [-0.05, 0) is 50.5 Å². The Morgan fingerprint density at radius 3 is 2.31 bits per heavy atom. The van der Waals surface area contributed by atoms with Gasteiger partial charge >= 0.3 is 18.0 Å². The molecular weight excluding hydrogens is 1220 g/mol. The van der Waals surface area contributed by atoms with Crippen molar-refractivity contribution in [2.45, 2.75) is 99.3 Å². The Morgan fingerprint density at radius 1 is 0.910 bits per heavy atom. The molecule has 13 N–H and O–H groups in total. The SMILES string of the molecule is COC1(OCCN2C(=O)CC(SC[C@H](NC(=O)CC[C@H](NC(=O)c3ccc(NCc4cnc5nc(N)[nH]c(=O)c5n4)cc3)C(=O)O)C(=O)O)C2=O)CCC(C(=O)NCCSSCCNC2=C(C)C(=O)C3=C(C2=O)[C@@H](COC(N)=O)[C@@]2(OC)[C@H]4N[C@H]4CN32)CC1. The molecule has 4 aliphatic heterocycles. The highest BCUT2D eigenvalue weighted by Gasteiger charge is 2.72. The normalized spacial score (nSPS) is 24.2. The number of imide groups is 1. The van der Waals surface area contributed by atoms with E-state index in [4.69, 9.17) is 30.4 Å². The highest BCUT2D eigenvalue weighted by molar-refractivity contribution is 8.76. The number of carboxylic acid groups (broad SMARTS) is 2. The zero-order valence-electron chi connectivity index (χ0n) is 48.6. The molecule has 2 aromatic heterocycles. The first-order valence-electron chi connectivity index (χ1n) is 28.5. The van der Waals surface area contributed by atoms with Crippen molar-refractivity contribution in [3.05, 3.63) is 74.6 Å². The van der Waals surface area contributed by atoms with Crippen LogP contribution in [0.25, 0.3) is 11.2 Å². The maximum Gasteiger partial charge on any atom is 0.404 e. The largest absolute Gasteiger partial charge is 0.480 e. The Kier molecular flexibility index (Phi) is 20.8. The molecule has 2 aliphatic carbocycles. The number of Topliss-reactive ketones (excluding diaryl/α,β-unsaturated/α-hetero) is 2. The number of carboxylic acids is 2. The molecule has 4 fully saturated rings. The number of nitrogens with two attached hydrogens (primary N) is 2. The second kappa shape index (κ2) is 28.3. The van der Waals surface area contributed by atoms with E-state index >= 15 is 0 Å². The van der Waals surface area contributed by atoms with Crippen LogP contribution in [0.4, 0.5) is 16.4 Å². The number of anilines is 2. The summed E-state index contributed by atoms with van der Waals surface area (Å²) in [5.74, 6) is -7.62. The summed E-state index contributed by atoms with van der Waals surface area (Å²) >= 11 is 0.873. The molecule has 478 valence electrons. The number of ketones is 2. The van der Waals surface area contributed by atoms with Gasteiger partial charge in [0.15, 0.2) is 22.7 Å². The van der Waals surface area contributed by atoms with Gasteiger partial charge in [0.05, 0.1) is 60.2 Å². The van der Waals surface area contributed by atoms with E-state index in [0.29, 0.717) is 68.2 Å². The van der Waals surface area contributed by atoms with E-state index in [0.717, 1.165) is 16.7 Å². The molecule has 6 aliphatic rings. The Morgan fingerprint density at radius 2 is 1.63 bits per heavy atom. The minimum atomic E-state index is -1.53. The number of aromatic amines is 1. The zero-order chi connectivity index (χ0) is 63.9. The number of thioether (sulfide) groups is 1. The van der Waals surface area contributed by atoms with Crippen molar-refractivity contribution in [2.75, 3.05) is 81.9 Å². The molecule has 34 heteroatoms. The number of fused-ring (bicyclic) bond motifs is 5. The van der Waals surface area contributed by atoms with Gasteiger partial charge in [0.25, 0.3) is 11.5 Å². The first-order valence-corrected chi connectivity index (χ1v) is 32.0. The summed E-state index contributed by atoms with van der Waals surface area (Å²) in [7, 11) is 6.06. The number of nitrogen functional groups attached to an aromatic ring is 1. The Bertz CT molecular complexity index is 3440. The molecule has 1 aromatic carbocycles. The second-order valence-electron chi connectivity index (χ2n) is 21.7. The fraction of sp³-hybridized carbons (Fsp3) is 0.527. The molecule has 31 nitrogen and oxygen atoms in total. The number of aliphatic carboxylic acids is 2. The fourth-order valence-corrected chi connectivity index (χ4v) is 14.7. The predicted molar refractivity (Wildman–Crippen MR) is 321 cm³/mol. The molecule has 0 spiro atoms. The van der Waals surface area contributed by atoms with Crippen LogP contribution in [-0.4, -0.2) is 211 Å². The smallest absolute Gasteiger partial charge is 0.404 e. The summed E-state index contributed by atoms with van der Waals surface area (Å²) in [6, 6.07) is 2.86. The van der Waals surface area contributed by atoms with E-state index < -0.39 is 94.8 Å². The van der Waals surface area contributed by atoms with Gasteiger partial charge in [0.2, 0.25) is 41.1 Å². The van der Waals surface area contributed by atoms with Gasteiger partial charge in [0, 0.05) is 111 Å². The van der Waals surface area contributed by atoms with Crippen LogP contribution in [0.1, 0.15) is 67.9 Å². The summed E-state index contributed by atoms with van der Waals surface area (Å²) < 4.78 is 23.1. The van der Waals surface area contributed by atoms with E-state index in [1.807, 2.05) is 4.90 Å². The van der Waals surface area contributed by atoms with E-state index in [1.165, 1.54) is 54.1 Å². The lowest BCUT2D eigenvalue weighted by molar-refractivity contribution is -0.242. The lowest BCUT2D eigenvalue weighted by Gasteiger charge is -2.39. The maximum absolute atomic E-state index is 14.1. The number of nitrogens with zero attached hydrogens (tertiary/aromatic N) is 5. The number of primary amides is 1. The number of hydrogen-bond acceptors (Lipinski definition) is 26. The number of H-pyrrole nitrogens is 1. The average Bonchev–Trinajstić information content (AvgIpc) is 1.51. The predicted octanol–water partition coefficient (Wildman–Crippen LogP) is -0.659. The summed E-state index contributed by atoms with van der Waals surface area (Å²) in [5, 5.41) is 36.1. The number of hydrogen-bond donors (Lipinski definition) is 11. The zero-order valence-corrected chi connectivity index (χ0v) is 51.0. The number of methoxy groups -OCH3 is 2. The van der Waals surface area contributed by atoms with E-state index in [2.05, 4.69) is 51.8 Å². The van der Waals surface area contributed by atoms with Crippen molar-refractivity contribution >= 4 is 115 Å². The standard InChI is InChI=1S/C55H68N14O17S3/c1-26-39(43(73)38-31(24-85-53(57)82)55(84-3)44-33(64-44)23-69(55)41(38)42(26)72)58-14-18-88-89-19-15-59-46(74)28-10-12-54(83-2,13-11-28)86-17-16-68-37(71)20-35(49(68)77)87-25-34(51(80)81)63-36(70)9-8-32(50(78)79)65-47(75)27-4-6-29(7-5-27)60-21-30-22-61-45-40(62-30)48(76)67-52(56)66-45/h4-7,22,28,31-35,44,58,60,64H,8-21,23-25H2,1-3H3,(H2,57,82)(H,59,74)(H,63,70)(H,65,75)(H,78,79)(H,80,81)(H3,56,61,66,67,76)/t28?,31-,32+,33+,34+,35?,44+,54?,55-/m1/s1. The minimum Gasteiger partial charge on any atom is -0.480 e. The number of amides is 6. The number of allylic oxidation sites excluding steroid dienone is 2. The van der Waals surface area contributed by atoms with E-state index in [1.54, 1.807) is 19.1 Å². The fourth-order valence-electron chi connectivity index (χ4n) is 11.7. The molecule has 6 amide bonds. The Hall–Kier alpha value is -7.89. The average molecular weight is 1290 g/mol. The molecule has 0 radical (unpaired) electrons. The van der Waals surface area contributed by atoms with Crippen molar-refractivity contribution in [1.29, 1.82) is 0 Å². The van der Waals surface area contributed by atoms with Crippen molar-refractivity contribution in [1.82, 2.24) is 56.3 Å². The van der Waals surface area contributed by atoms with E-state index in [9.17, 15) is 63.0 Å². The number of benzene rings is 1. The quantitative estimate of drug-likeness (QED) is 0.00951. The van der Waals surface area contributed by atoms with Crippen molar-refractivity contribution in [3.8, 4) is 0 Å². The van der Waals surface area contributed by atoms with Crippen molar-refractivity contribution in [3.63, 3.8) is 0 Å². The first-order chi connectivity index (χ1) is 42.6. The Labute approximate surface area is 519 Å². The molecule has 0 bridgehead atoms. The molecule has 3 aromatic rings. The van der Waals surface area contributed by atoms with Crippen LogP contribution in [0.3, 0.4) is 0 Å². The molecule has 6 heterocycles. The lowest BCUT2D eigenvalue weighted by Crippen LogP contribution is -2.55. The molecule has 1 unspecified atom stereocenters. The monoisotopic (exact) mass is 1290 g/mol. The van der Waals surface area contributed by atoms with Gasteiger partial charge in [-0.15, -0.1) is 11.8 Å². The molecular formula is C55H68N14O17S3. The van der Waals surface area contributed by atoms with Crippen LogP contribution in [-0.2, 0) is 63.8 Å². The Balaban J connectivity index is 0.634. The highest BCUT2D eigenvalue weighted by Crippen LogP contribution is 2.55. The van der Waals surface area contributed by atoms with Crippen LogP contribution in [0.15, 0.2) is 57.8 Å². The summed E-state index contributed by atoms with van der Waals surface area (Å²) in [5.41, 5.74) is 11.4. The maximum atomic E-state index is 14.1. The molecule has 9 rings (SSSR count). The third kappa shape index (κ3) is 14.6. The van der Waals surface area contributed by atoms with Crippen molar-refractivity contribution in [2.24, 2.45) is 17.6 Å².